The van der Waals surface area contributed by atoms with Crippen molar-refractivity contribution in [3.05, 3.63) is 40.4 Å². The van der Waals surface area contributed by atoms with Crippen LogP contribution in [0.25, 0.3) is 0 Å². The number of carbonyl (C=O) groups excluding carboxylic acids is 2. The normalized spacial score (nSPS) is 19.9. The number of anilines is 2. The van der Waals surface area contributed by atoms with Crippen molar-refractivity contribution in [3.63, 3.8) is 0 Å². The summed E-state index contributed by atoms with van der Waals surface area (Å²) in [5.41, 5.74) is 2.20. The van der Waals surface area contributed by atoms with Crippen molar-refractivity contribution >= 4 is 34.0 Å². The summed E-state index contributed by atoms with van der Waals surface area (Å²) in [5, 5.41) is 6.26. The Hall–Kier alpha value is -2.25. The fraction of sp³-hybridized carbons (Fsp3) is 0.421. The number of carbonyl (C=O) groups is 2. The van der Waals surface area contributed by atoms with Crippen molar-refractivity contribution < 1.29 is 9.59 Å². The molecular weight excluding hydrogens is 348 g/mol. The summed E-state index contributed by atoms with van der Waals surface area (Å²) in [6, 6.07) is 5.88. The maximum absolute atomic E-state index is 12.5. The van der Waals surface area contributed by atoms with Gasteiger partial charge in [0.2, 0.25) is 5.91 Å². The van der Waals surface area contributed by atoms with Crippen molar-refractivity contribution in [2.24, 2.45) is 0 Å². The van der Waals surface area contributed by atoms with E-state index in [1.54, 1.807) is 18.2 Å². The van der Waals surface area contributed by atoms with Crippen LogP contribution in [0.1, 0.15) is 47.0 Å². The number of piperidine rings is 1. The van der Waals surface area contributed by atoms with Gasteiger partial charge in [0.1, 0.15) is 0 Å². The number of benzene rings is 1. The van der Waals surface area contributed by atoms with Crippen molar-refractivity contribution in [2.45, 2.75) is 45.2 Å². The van der Waals surface area contributed by atoms with E-state index in [4.69, 9.17) is 0 Å². The second kappa shape index (κ2) is 7.17. The van der Waals surface area contributed by atoms with Crippen molar-refractivity contribution in [2.75, 3.05) is 17.2 Å². The number of hydrogen-bond donors (Lipinski definition) is 2. The third-order valence-electron chi connectivity index (χ3n) is 5.07. The molecule has 2 aliphatic rings. The lowest BCUT2D eigenvalue weighted by Gasteiger charge is -2.32. The molecule has 0 spiro atoms. The molecule has 2 aliphatic heterocycles. The lowest BCUT2D eigenvalue weighted by molar-refractivity contribution is -0.115. The summed E-state index contributed by atoms with van der Waals surface area (Å²) in [6.45, 7) is 4.29. The van der Waals surface area contributed by atoms with E-state index < -0.39 is 0 Å². The van der Waals surface area contributed by atoms with Crippen molar-refractivity contribution in [1.29, 1.82) is 0 Å². The van der Waals surface area contributed by atoms with Gasteiger partial charge >= 0.3 is 0 Å². The van der Waals surface area contributed by atoms with Gasteiger partial charge in [0, 0.05) is 34.9 Å². The molecule has 0 bridgehead atoms. The Balaban J connectivity index is 1.40. The molecule has 2 aromatic rings. The molecule has 1 aromatic carbocycles. The lowest BCUT2D eigenvalue weighted by atomic mass is 10.0. The van der Waals surface area contributed by atoms with Gasteiger partial charge in [0.15, 0.2) is 5.13 Å². The average Bonchev–Trinajstić information content (AvgIpc) is 3.21. The molecule has 4 rings (SSSR count). The Kier molecular flexibility index (Phi) is 4.74. The van der Waals surface area contributed by atoms with Crippen LogP contribution in [0.4, 0.5) is 10.8 Å². The van der Waals surface area contributed by atoms with Crippen molar-refractivity contribution in [1.82, 2.24) is 9.88 Å². The predicted octanol–water partition coefficient (Wildman–Crippen LogP) is 3.26. The zero-order valence-electron chi connectivity index (χ0n) is 14.7. The standard InChI is InChI=1S/C19H22N4O2S/c1-12-4-2-3-7-23(12)11-15-10-20-19(26-15)22-18(25)13-5-6-16-14(8-13)9-17(24)21-16/h5-6,8,10,12H,2-4,7,9,11H2,1H3,(H,21,24)(H,20,22,25). The number of fused-ring (bicyclic) bond motifs is 1. The monoisotopic (exact) mass is 370 g/mol. The molecular formula is C19H22N4O2S. The average molecular weight is 370 g/mol. The van der Waals surface area contributed by atoms with E-state index in [0.717, 1.165) is 29.2 Å². The predicted molar refractivity (Wildman–Crippen MR) is 103 cm³/mol. The molecule has 1 aromatic heterocycles. The lowest BCUT2D eigenvalue weighted by Crippen LogP contribution is -2.36. The molecule has 3 heterocycles. The minimum absolute atomic E-state index is 0.0333. The SMILES string of the molecule is CC1CCCCN1Cc1cnc(NC(=O)c2ccc3c(c2)CC(=O)N3)s1. The minimum Gasteiger partial charge on any atom is -0.326 e. The molecule has 7 heteroatoms. The maximum Gasteiger partial charge on any atom is 0.257 e. The number of aromatic nitrogens is 1. The summed E-state index contributed by atoms with van der Waals surface area (Å²) in [7, 11) is 0. The highest BCUT2D eigenvalue weighted by molar-refractivity contribution is 7.15. The highest BCUT2D eigenvalue weighted by Crippen LogP contribution is 2.26. The molecule has 1 saturated heterocycles. The minimum atomic E-state index is -0.195. The van der Waals surface area contributed by atoms with E-state index in [1.807, 2.05) is 6.20 Å². The smallest absolute Gasteiger partial charge is 0.257 e. The summed E-state index contributed by atoms with van der Waals surface area (Å²) in [6.07, 6.45) is 5.99. The molecule has 26 heavy (non-hydrogen) atoms. The summed E-state index contributed by atoms with van der Waals surface area (Å²) in [4.78, 5) is 31.9. The Labute approximate surface area is 156 Å². The van der Waals surface area contributed by atoms with E-state index in [0.29, 0.717) is 23.2 Å². The first-order valence-electron chi connectivity index (χ1n) is 9.01. The summed E-state index contributed by atoms with van der Waals surface area (Å²) < 4.78 is 0. The number of nitrogens with one attached hydrogen (secondary N) is 2. The quantitative estimate of drug-likeness (QED) is 0.866. The number of likely N-dealkylation sites (tertiary alicyclic amines) is 1. The van der Waals surface area contributed by atoms with Crippen LogP contribution in [0.15, 0.2) is 24.4 Å². The highest BCUT2D eigenvalue weighted by atomic mass is 32.1. The molecule has 0 saturated carbocycles. The van der Waals surface area contributed by atoms with Gasteiger partial charge in [-0.25, -0.2) is 4.98 Å². The number of hydrogen-bond acceptors (Lipinski definition) is 5. The maximum atomic E-state index is 12.5. The Morgan fingerprint density at radius 2 is 2.31 bits per heavy atom. The zero-order chi connectivity index (χ0) is 18.1. The van der Waals surface area contributed by atoms with Gasteiger partial charge in [-0.05, 0) is 50.1 Å². The Morgan fingerprint density at radius 1 is 1.42 bits per heavy atom. The summed E-state index contributed by atoms with van der Waals surface area (Å²) in [5.74, 6) is -0.228. The van der Waals surface area contributed by atoms with E-state index >= 15 is 0 Å². The molecule has 2 N–H and O–H groups in total. The van der Waals surface area contributed by atoms with Gasteiger partial charge in [-0.15, -0.1) is 11.3 Å². The first kappa shape index (κ1) is 17.2. The van der Waals surface area contributed by atoms with Crippen LogP contribution in [-0.4, -0.2) is 34.3 Å². The van der Waals surface area contributed by atoms with Gasteiger partial charge in [-0.1, -0.05) is 6.42 Å². The molecule has 2 amide bonds. The van der Waals surface area contributed by atoms with E-state index in [2.05, 4.69) is 27.4 Å². The van der Waals surface area contributed by atoms with Gasteiger partial charge in [0.25, 0.3) is 5.91 Å². The second-order valence-corrected chi connectivity index (χ2v) is 8.11. The molecule has 1 fully saturated rings. The highest BCUT2D eigenvalue weighted by Gasteiger charge is 2.21. The van der Waals surface area contributed by atoms with Crippen LogP contribution in [0, 0.1) is 0 Å². The number of rotatable bonds is 4. The first-order chi connectivity index (χ1) is 12.6. The van der Waals surface area contributed by atoms with Gasteiger partial charge in [-0.2, -0.15) is 0 Å². The Morgan fingerprint density at radius 3 is 3.15 bits per heavy atom. The number of nitrogens with zero attached hydrogens (tertiary/aromatic N) is 2. The van der Waals surface area contributed by atoms with Crippen LogP contribution < -0.4 is 10.6 Å². The van der Waals surface area contributed by atoms with E-state index in [9.17, 15) is 9.59 Å². The van der Waals surface area contributed by atoms with E-state index in [-0.39, 0.29) is 11.8 Å². The van der Waals surface area contributed by atoms with Crippen LogP contribution in [0.5, 0.6) is 0 Å². The first-order valence-corrected chi connectivity index (χ1v) is 9.83. The molecule has 136 valence electrons. The number of thiazole rings is 1. The van der Waals surface area contributed by atoms with Crippen LogP contribution in [0.3, 0.4) is 0 Å². The molecule has 0 radical (unpaired) electrons. The van der Waals surface area contributed by atoms with Gasteiger partial charge in [0.05, 0.1) is 6.42 Å². The topological polar surface area (TPSA) is 74.3 Å². The van der Waals surface area contributed by atoms with Crippen LogP contribution in [0.2, 0.25) is 0 Å². The molecule has 6 nitrogen and oxygen atoms in total. The van der Waals surface area contributed by atoms with Crippen LogP contribution >= 0.6 is 11.3 Å². The largest absolute Gasteiger partial charge is 0.326 e. The fourth-order valence-electron chi connectivity index (χ4n) is 3.57. The summed E-state index contributed by atoms with van der Waals surface area (Å²) >= 11 is 1.53. The second-order valence-electron chi connectivity index (χ2n) is 7.00. The third kappa shape index (κ3) is 3.64. The van der Waals surface area contributed by atoms with Crippen LogP contribution in [-0.2, 0) is 17.8 Å². The molecule has 1 atom stereocenters. The molecule has 1 unspecified atom stereocenters. The van der Waals surface area contributed by atoms with Gasteiger partial charge in [-0.3, -0.25) is 19.8 Å². The number of amides is 2. The van der Waals surface area contributed by atoms with Crippen molar-refractivity contribution in [3.8, 4) is 0 Å². The Bertz CT molecular complexity index is 848. The van der Waals surface area contributed by atoms with Gasteiger partial charge < -0.3 is 5.32 Å². The fourth-order valence-corrected chi connectivity index (χ4v) is 4.40. The zero-order valence-corrected chi connectivity index (χ0v) is 15.6. The third-order valence-corrected chi connectivity index (χ3v) is 5.96. The molecule has 0 aliphatic carbocycles. The van der Waals surface area contributed by atoms with E-state index in [1.165, 1.54) is 30.6 Å².